The summed E-state index contributed by atoms with van der Waals surface area (Å²) in [6, 6.07) is 11.3. The van der Waals surface area contributed by atoms with Gasteiger partial charge in [0.25, 0.3) is 5.91 Å². The van der Waals surface area contributed by atoms with Crippen LogP contribution in [0.25, 0.3) is 0 Å². The minimum absolute atomic E-state index is 0.0775. The third-order valence-electron chi connectivity index (χ3n) is 3.99. The molecule has 6 nitrogen and oxygen atoms in total. The summed E-state index contributed by atoms with van der Waals surface area (Å²) in [7, 11) is 0. The lowest BCUT2D eigenvalue weighted by atomic mass is 10.1. The van der Waals surface area contributed by atoms with Crippen LogP contribution in [0.15, 0.2) is 47.4 Å². The Labute approximate surface area is 166 Å². The zero-order valence-electron chi connectivity index (χ0n) is 15.3. The van der Waals surface area contributed by atoms with Crippen molar-refractivity contribution in [1.29, 1.82) is 0 Å². The van der Waals surface area contributed by atoms with Crippen LogP contribution in [0, 0.1) is 5.82 Å². The van der Waals surface area contributed by atoms with Crippen LogP contribution in [0.2, 0.25) is 0 Å². The van der Waals surface area contributed by atoms with Crippen molar-refractivity contribution in [2.75, 3.05) is 25.6 Å². The molecule has 2 aromatic rings. The van der Waals surface area contributed by atoms with Gasteiger partial charge in [-0.2, -0.15) is 0 Å². The van der Waals surface area contributed by atoms with E-state index in [0.29, 0.717) is 29.6 Å². The van der Waals surface area contributed by atoms with Gasteiger partial charge >= 0.3 is 5.97 Å². The summed E-state index contributed by atoms with van der Waals surface area (Å²) >= 11 is 1.02. The fourth-order valence-electron chi connectivity index (χ4n) is 2.58. The maximum absolute atomic E-state index is 13.5. The molecule has 28 heavy (non-hydrogen) atoms. The molecule has 0 saturated heterocycles. The van der Waals surface area contributed by atoms with Gasteiger partial charge in [-0.3, -0.25) is 9.59 Å². The summed E-state index contributed by atoms with van der Waals surface area (Å²) in [5.41, 5.74) is 0.846. The van der Waals surface area contributed by atoms with Gasteiger partial charge in [-0.15, -0.1) is 11.8 Å². The number of thioether (sulfide) groups is 1. The molecule has 0 spiro atoms. The number of hydrogen-bond acceptors (Lipinski definition) is 6. The molecule has 1 amide bonds. The fraction of sp³-hybridized carbons (Fsp3) is 0.300. The summed E-state index contributed by atoms with van der Waals surface area (Å²) in [4.78, 5) is 24.2. The number of hydrogen-bond donors (Lipinski definition) is 1. The molecular formula is C20H20FNO5S. The quantitative estimate of drug-likeness (QED) is 0.564. The van der Waals surface area contributed by atoms with Gasteiger partial charge in [0.15, 0.2) is 18.1 Å². The van der Waals surface area contributed by atoms with E-state index in [4.69, 9.17) is 14.2 Å². The third kappa shape index (κ3) is 5.39. The lowest BCUT2D eigenvalue weighted by molar-refractivity contribution is -0.146. The second-order valence-corrected chi connectivity index (χ2v) is 7.09. The van der Waals surface area contributed by atoms with Crippen LogP contribution in [-0.4, -0.2) is 37.4 Å². The van der Waals surface area contributed by atoms with Crippen molar-refractivity contribution in [2.24, 2.45) is 0 Å². The van der Waals surface area contributed by atoms with E-state index in [2.05, 4.69) is 5.32 Å². The Morgan fingerprint density at radius 1 is 1.18 bits per heavy atom. The smallest absolute Gasteiger partial charge is 0.316 e. The Morgan fingerprint density at radius 3 is 2.71 bits per heavy atom. The van der Waals surface area contributed by atoms with E-state index in [1.54, 1.807) is 24.3 Å². The minimum Gasteiger partial charge on any atom is -0.486 e. The van der Waals surface area contributed by atoms with Gasteiger partial charge in [-0.05, 0) is 36.8 Å². The van der Waals surface area contributed by atoms with E-state index < -0.39 is 24.3 Å². The van der Waals surface area contributed by atoms with Crippen molar-refractivity contribution >= 4 is 23.6 Å². The summed E-state index contributed by atoms with van der Waals surface area (Å²) in [6.07, 6.45) is 0. The molecule has 1 aliphatic rings. The molecule has 0 aromatic heterocycles. The Hall–Kier alpha value is -2.74. The predicted molar refractivity (Wildman–Crippen MR) is 102 cm³/mol. The highest BCUT2D eigenvalue weighted by Crippen LogP contribution is 2.32. The van der Waals surface area contributed by atoms with Crippen LogP contribution in [0.5, 0.6) is 11.5 Å². The van der Waals surface area contributed by atoms with Crippen molar-refractivity contribution in [1.82, 2.24) is 5.32 Å². The predicted octanol–water partition coefficient (Wildman–Crippen LogP) is 3.11. The number of esters is 1. The van der Waals surface area contributed by atoms with E-state index in [9.17, 15) is 14.0 Å². The van der Waals surface area contributed by atoms with Gasteiger partial charge in [-0.25, -0.2) is 4.39 Å². The lowest BCUT2D eigenvalue weighted by Gasteiger charge is -2.21. The Morgan fingerprint density at radius 2 is 1.93 bits per heavy atom. The van der Waals surface area contributed by atoms with E-state index in [1.807, 2.05) is 19.1 Å². The summed E-state index contributed by atoms with van der Waals surface area (Å²) < 4.78 is 29.5. The molecule has 2 aromatic carbocycles. The van der Waals surface area contributed by atoms with Crippen LogP contribution < -0.4 is 14.8 Å². The third-order valence-corrected chi connectivity index (χ3v) is 5.01. The van der Waals surface area contributed by atoms with Gasteiger partial charge < -0.3 is 19.5 Å². The minimum atomic E-state index is -0.588. The average Bonchev–Trinajstić information content (AvgIpc) is 2.71. The zero-order chi connectivity index (χ0) is 19.9. The van der Waals surface area contributed by atoms with Crippen molar-refractivity contribution in [2.45, 2.75) is 17.9 Å². The maximum Gasteiger partial charge on any atom is 0.316 e. The molecule has 0 saturated carbocycles. The molecule has 1 atom stereocenters. The zero-order valence-corrected chi connectivity index (χ0v) is 16.1. The Balaban J connectivity index is 1.43. The first-order valence-corrected chi connectivity index (χ1v) is 9.73. The molecule has 0 aliphatic carbocycles. The first-order chi connectivity index (χ1) is 13.5. The summed E-state index contributed by atoms with van der Waals surface area (Å²) in [5, 5.41) is 2.76. The number of ether oxygens (including phenoxy) is 3. The van der Waals surface area contributed by atoms with Crippen molar-refractivity contribution in [3.05, 3.63) is 53.8 Å². The first kappa shape index (κ1) is 20.0. The highest BCUT2D eigenvalue weighted by atomic mass is 32.2. The van der Waals surface area contributed by atoms with Crippen molar-refractivity contribution < 1.29 is 28.2 Å². The number of halogens is 1. The number of rotatable bonds is 7. The normalized spacial score (nSPS) is 13.5. The van der Waals surface area contributed by atoms with Crippen LogP contribution in [-0.2, 0) is 14.3 Å². The van der Waals surface area contributed by atoms with E-state index in [-0.39, 0.29) is 11.8 Å². The van der Waals surface area contributed by atoms with Gasteiger partial charge in [0.05, 0.1) is 11.8 Å². The van der Waals surface area contributed by atoms with Crippen molar-refractivity contribution in [3.8, 4) is 11.5 Å². The molecule has 0 radical (unpaired) electrons. The lowest BCUT2D eigenvalue weighted by Crippen LogP contribution is -2.31. The second-order valence-electron chi connectivity index (χ2n) is 6.07. The Bertz CT molecular complexity index is 860. The number of carbonyl (C=O) groups is 2. The largest absolute Gasteiger partial charge is 0.486 e. The van der Waals surface area contributed by atoms with Crippen LogP contribution in [0.3, 0.4) is 0 Å². The highest BCUT2D eigenvalue weighted by Gasteiger charge is 2.17. The van der Waals surface area contributed by atoms with Gasteiger partial charge in [0.1, 0.15) is 19.0 Å². The molecule has 1 heterocycles. The molecule has 0 bridgehead atoms. The number of benzene rings is 2. The molecular weight excluding hydrogens is 385 g/mol. The average molecular weight is 405 g/mol. The van der Waals surface area contributed by atoms with Crippen LogP contribution in [0.4, 0.5) is 4.39 Å². The topological polar surface area (TPSA) is 73.9 Å². The molecule has 1 aliphatic heterocycles. The van der Waals surface area contributed by atoms with Gasteiger partial charge in [0, 0.05) is 4.90 Å². The maximum atomic E-state index is 13.5. The second kappa shape index (κ2) is 9.45. The van der Waals surface area contributed by atoms with Crippen molar-refractivity contribution in [3.63, 3.8) is 0 Å². The van der Waals surface area contributed by atoms with E-state index in [1.165, 1.54) is 6.07 Å². The SMILES string of the molecule is C[C@H](NC(=O)COC(=O)CSc1ccccc1F)c1ccc2c(c1)OCCO2. The number of fused-ring (bicyclic) bond motifs is 1. The first-order valence-electron chi connectivity index (χ1n) is 8.75. The van der Waals surface area contributed by atoms with Crippen LogP contribution in [0.1, 0.15) is 18.5 Å². The fourth-order valence-corrected chi connectivity index (χ4v) is 3.32. The van der Waals surface area contributed by atoms with E-state index >= 15 is 0 Å². The standard InChI is InChI=1S/C20H20FNO5S/c1-13(14-6-7-16-17(10-14)26-9-8-25-16)22-19(23)11-27-20(24)12-28-18-5-3-2-4-15(18)21/h2-7,10,13H,8-9,11-12H2,1H3,(H,22,23)/t13-/m0/s1. The number of amides is 1. The molecule has 0 fully saturated rings. The molecule has 0 unspecified atom stereocenters. The molecule has 3 rings (SSSR count). The number of nitrogens with one attached hydrogen (secondary N) is 1. The summed E-state index contributed by atoms with van der Waals surface area (Å²) in [5.74, 6) is -0.170. The van der Waals surface area contributed by atoms with Gasteiger partial charge in [-0.1, -0.05) is 18.2 Å². The summed E-state index contributed by atoms with van der Waals surface area (Å²) in [6.45, 7) is 2.42. The number of carbonyl (C=O) groups excluding carboxylic acids is 2. The monoisotopic (exact) mass is 405 g/mol. The van der Waals surface area contributed by atoms with Crippen LogP contribution >= 0.6 is 11.8 Å². The highest BCUT2D eigenvalue weighted by molar-refractivity contribution is 8.00. The molecule has 8 heteroatoms. The molecule has 1 N–H and O–H groups in total. The van der Waals surface area contributed by atoms with E-state index in [0.717, 1.165) is 17.3 Å². The van der Waals surface area contributed by atoms with Gasteiger partial charge in [0.2, 0.25) is 0 Å². The molecule has 148 valence electrons. The Kier molecular flexibility index (Phi) is 6.76.